The number of rotatable bonds is 4. The lowest BCUT2D eigenvalue weighted by atomic mass is 10.0. The molecular formula is C22H20F3NO2S. The standard InChI is InChI=1S/C22H20F3NO2S/c1-12(2)29-19-18(15-9-8-13(3)14(4)10-15)20(27)26(21(19)28)17-7-5-6-16(11-17)22(23,24)25/h5-12H,1-4H3. The summed E-state index contributed by atoms with van der Waals surface area (Å²) in [5, 5.41) is 0.0183. The van der Waals surface area contributed by atoms with Crippen LogP contribution in [-0.4, -0.2) is 17.1 Å². The van der Waals surface area contributed by atoms with Gasteiger partial charge in [0.05, 0.1) is 21.7 Å². The lowest BCUT2D eigenvalue weighted by molar-refractivity contribution is -0.137. The van der Waals surface area contributed by atoms with Gasteiger partial charge in [0.15, 0.2) is 0 Å². The fourth-order valence-electron chi connectivity index (χ4n) is 3.06. The van der Waals surface area contributed by atoms with Gasteiger partial charge in [-0.25, -0.2) is 4.90 Å². The second-order valence-corrected chi connectivity index (χ2v) is 8.75. The highest BCUT2D eigenvalue weighted by Crippen LogP contribution is 2.41. The van der Waals surface area contributed by atoms with Crippen molar-refractivity contribution in [2.75, 3.05) is 4.90 Å². The summed E-state index contributed by atoms with van der Waals surface area (Å²) in [6.45, 7) is 7.62. The fraction of sp³-hybridized carbons (Fsp3) is 0.273. The van der Waals surface area contributed by atoms with Crippen molar-refractivity contribution in [1.82, 2.24) is 0 Å². The van der Waals surface area contributed by atoms with E-state index in [2.05, 4.69) is 0 Å². The van der Waals surface area contributed by atoms with Gasteiger partial charge < -0.3 is 0 Å². The zero-order chi connectivity index (χ0) is 21.5. The van der Waals surface area contributed by atoms with Crippen LogP contribution in [0.3, 0.4) is 0 Å². The SMILES string of the molecule is Cc1ccc(C2=C(SC(C)C)C(=O)N(c3cccc(C(F)(F)F)c3)C2=O)cc1C. The Morgan fingerprint density at radius 3 is 2.21 bits per heavy atom. The molecular weight excluding hydrogens is 399 g/mol. The fourth-order valence-corrected chi connectivity index (χ4v) is 4.05. The quantitative estimate of drug-likeness (QED) is 0.593. The molecule has 0 radical (unpaired) electrons. The molecule has 1 aliphatic rings. The van der Waals surface area contributed by atoms with Gasteiger partial charge in [-0.05, 0) is 48.7 Å². The number of alkyl halides is 3. The maximum atomic E-state index is 13.2. The molecule has 152 valence electrons. The van der Waals surface area contributed by atoms with Gasteiger partial charge in [0.2, 0.25) is 0 Å². The second-order valence-electron chi connectivity index (χ2n) is 7.16. The Morgan fingerprint density at radius 1 is 0.931 bits per heavy atom. The number of hydrogen-bond donors (Lipinski definition) is 0. The van der Waals surface area contributed by atoms with Crippen molar-refractivity contribution in [3.05, 3.63) is 69.6 Å². The second kappa shape index (κ2) is 7.71. The number of nitrogens with zero attached hydrogens (tertiary/aromatic N) is 1. The van der Waals surface area contributed by atoms with Gasteiger partial charge in [-0.3, -0.25) is 9.59 Å². The lowest BCUT2D eigenvalue weighted by Crippen LogP contribution is -2.31. The van der Waals surface area contributed by atoms with Crippen LogP contribution >= 0.6 is 11.8 Å². The van der Waals surface area contributed by atoms with Crippen molar-refractivity contribution in [3.8, 4) is 0 Å². The third kappa shape index (κ3) is 4.10. The number of imide groups is 1. The minimum absolute atomic E-state index is 0.0183. The molecule has 2 aromatic rings. The number of anilines is 1. The van der Waals surface area contributed by atoms with Gasteiger partial charge in [-0.2, -0.15) is 13.2 Å². The van der Waals surface area contributed by atoms with Gasteiger partial charge in [-0.15, -0.1) is 11.8 Å². The highest BCUT2D eigenvalue weighted by Gasteiger charge is 2.41. The molecule has 3 nitrogen and oxygen atoms in total. The smallest absolute Gasteiger partial charge is 0.268 e. The van der Waals surface area contributed by atoms with Crippen molar-refractivity contribution < 1.29 is 22.8 Å². The number of carbonyl (C=O) groups excluding carboxylic acids is 2. The number of carbonyl (C=O) groups is 2. The van der Waals surface area contributed by atoms with E-state index in [4.69, 9.17) is 0 Å². The predicted molar refractivity (Wildman–Crippen MR) is 110 cm³/mol. The van der Waals surface area contributed by atoms with E-state index < -0.39 is 23.6 Å². The van der Waals surface area contributed by atoms with Crippen LogP contribution in [0, 0.1) is 13.8 Å². The Hall–Kier alpha value is -2.54. The van der Waals surface area contributed by atoms with Crippen molar-refractivity contribution in [1.29, 1.82) is 0 Å². The molecule has 0 unspecified atom stereocenters. The van der Waals surface area contributed by atoms with Gasteiger partial charge >= 0.3 is 6.18 Å². The molecule has 0 aromatic heterocycles. The highest BCUT2D eigenvalue weighted by atomic mass is 32.2. The van der Waals surface area contributed by atoms with Crippen molar-refractivity contribution in [3.63, 3.8) is 0 Å². The summed E-state index contributed by atoms with van der Waals surface area (Å²) in [4.78, 5) is 27.4. The van der Waals surface area contributed by atoms with Gasteiger partial charge in [0, 0.05) is 5.25 Å². The third-order valence-electron chi connectivity index (χ3n) is 4.62. The molecule has 1 aliphatic heterocycles. The Labute approximate surface area is 171 Å². The molecule has 2 amide bonds. The van der Waals surface area contributed by atoms with Gasteiger partial charge in [0.25, 0.3) is 11.8 Å². The van der Waals surface area contributed by atoms with E-state index in [-0.39, 0.29) is 21.4 Å². The van der Waals surface area contributed by atoms with Crippen LogP contribution in [0.1, 0.15) is 36.1 Å². The van der Waals surface area contributed by atoms with E-state index in [0.717, 1.165) is 28.2 Å². The summed E-state index contributed by atoms with van der Waals surface area (Å²) < 4.78 is 39.4. The molecule has 0 bridgehead atoms. The maximum Gasteiger partial charge on any atom is 0.416 e. The van der Waals surface area contributed by atoms with E-state index in [0.29, 0.717) is 5.56 Å². The van der Waals surface area contributed by atoms with Crippen LogP contribution in [-0.2, 0) is 15.8 Å². The number of halogens is 3. The summed E-state index contributed by atoms with van der Waals surface area (Å²) in [6, 6.07) is 9.73. The Bertz CT molecular complexity index is 1020. The monoisotopic (exact) mass is 419 g/mol. The van der Waals surface area contributed by atoms with Crippen LogP contribution < -0.4 is 4.90 Å². The number of amides is 2. The van der Waals surface area contributed by atoms with Crippen molar-refractivity contribution in [2.24, 2.45) is 0 Å². The lowest BCUT2D eigenvalue weighted by Gasteiger charge is -2.17. The van der Waals surface area contributed by atoms with Crippen LogP contribution in [0.2, 0.25) is 0 Å². The van der Waals surface area contributed by atoms with E-state index in [1.54, 1.807) is 6.07 Å². The Balaban J connectivity index is 2.12. The van der Waals surface area contributed by atoms with Crippen molar-refractivity contribution in [2.45, 2.75) is 39.1 Å². The first-order chi connectivity index (χ1) is 13.5. The molecule has 0 fully saturated rings. The minimum atomic E-state index is -4.57. The number of benzene rings is 2. The average molecular weight is 419 g/mol. The van der Waals surface area contributed by atoms with Crippen LogP contribution in [0.5, 0.6) is 0 Å². The van der Waals surface area contributed by atoms with Crippen molar-refractivity contribution >= 4 is 34.8 Å². The summed E-state index contributed by atoms with van der Waals surface area (Å²) in [6.07, 6.45) is -4.57. The van der Waals surface area contributed by atoms with Crippen LogP contribution in [0.4, 0.5) is 18.9 Å². The third-order valence-corrected chi connectivity index (χ3v) is 5.71. The molecule has 0 aliphatic carbocycles. The predicted octanol–water partition coefficient (Wildman–Crippen LogP) is 5.75. The van der Waals surface area contributed by atoms with Crippen LogP contribution in [0.25, 0.3) is 5.57 Å². The maximum absolute atomic E-state index is 13.2. The molecule has 29 heavy (non-hydrogen) atoms. The molecule has 0 atom stereocenters. The van der Waals surface area contributed by atoms with Gasteiger partial charge in [0.1, 0.15) is 0 Å². The molecule has 0 saturated carbocycles. The molecule has 0 N–H and O–H groups in total. The van der Waals surface area contributed by atoms with E-state index >= 15 is 0 Å². The zero-order valence-corrected chi connectivity index (χ0v) is 17.2. The average Bonchev–Trinajstić information content (AvgIpc) is 2.86. The first-order valence-electron chi connectivity index (χ1n) is 9.05. The molecule has 0 spiro atoms. The summed E-state index contributed by atoms with van der Waals surface area (Å²) >= 11 is 1.24. The first-order valence-corrected chi connectivity index (χ1v) is 9.93. The molecule has 1 heterocycles. The highest BCUT2D eigenvalue weighted by molar-refractivity contribution is 8.04. The Morgan fingerprint density at radius 2 is 1.62 bits per heavy atom. The largest absolute Gasteiger partial charge is 0.416 e. The molecule has 3 rings (SSSR count). The molecule has 7 heteroatoms. The topological polar surface area (TPSA) is 37.4 Å². The van der Waals surface area contributed by atoms with E-state index in [1.807, 2.05) is 39.8 Å². The van der Waals surface area contributed by atoms with Gasteiger partial charge in [-0.1, -0.05) is 38.1 Å². The zero-order valence-electron chi connectivity index (χ0n) is 16.4. The van der Waals surface area contributed by atoms with E-state index in [1.165, 1.54) is 23.9 Å². The minimum Gasteiger partial charge on any atom is -0.268 e. The summed E-state index contributed by atoms with van der Waals surface area (Å²) in [5.74, 6) is -1.21. The molecule has 0 saturated heterocycles. The van der Waals surface area contributed by atoms with E-state index in [9.17, 15) is 22.8 Å². The first kappa shape index (κ1) is 21.2. The summed E-state index contributed by atoms with van der Waals surface area (Å²) in [7, 11) is 0. The number of aryl methyl sites for hydroxylation is 2. The number of hydrogen-bond acceptors (Lipinski definition) is 3. The number of thioether (sulfide) groups is 1. The Kier molecular flexibility index (Phi) is 5.63. The molecule has 2 aromatic carbocycles. The van der Waals surface area contributed by atoms with Crippen LogP contribution in [0.15, 0.2) is 47.4 Å². The summed E-state index contributed by atoms with van der Waals surface area (Å²) in [5.41, 5.74) is 1.82. The normalized spacial score (nSPS) is 15.1.